The van der Waals surface area contributed by atoms with Crippen LogP contribution in [-0.2, 0) is 14.3 Å². The Kier molecular flexibility index (Phi) is 5.83. The van der Waals surface area contributed by atoms with E-state index in [-0.39, 0.29) is 11.5 Å². The number of carbonyl (C=O) groups excluding carboxylic acids is 3. The zero-order valence-corrected chi connectivity index (χ0v) is 14.9. The van der Waals surface area contributed by atoms with Crippen LogP contribution in [0, 0.1) is 0 Å². The van der Waals surface area contributed by atoms with Gasteiger partial charge in [0.05, 0.1) is 18.4 Å². The molecule has 1 aliphatic rings. The van der Waals surface area contributed by atoms with Crippen LogP contribution in [0.3, 0.4) is 0 Å². The van der Waals surface area contributed by atoms with Gasteiger partial charge < -0.3 is 20.1 Å². The van der Waals surface area contributed by atoms with Gasteiger partial charge in [0.2, 0.25) is 0 Å². The SMILES string of the molecule is COC(=O)c1ccccc1NC(=O)c1cccc(NC(=O)C2CCCO2)c1. The zero-order valence-electron chi connectivity index (χ0n) is 14.9. The van der Waals surface area contributed by atoms with Crippen LogP contribution in [0.25, 0.3) is 0 Å². The zero-order chi connectivity index (χ0) is 19.2. The summed E-state index contributed by atoms with van der Waals surface area (Å²) in [5.74, 6) is -1.16. The van der Waals surface area contributed by atoms with Crippen LogP contribution in [-0.4, -0.2) is 37.6 Å². The molecule has 2 amide bonds. The van der Waals surface area contributed by atoms with Crippen molar-refractivity contribution in [3.05, 3.63) is 59.7 Å². The summed E-state index contributed by atoms with van der Waals surface area (Å²) in [6, 6.07) is 13.1. The third kappa shape index (κ3) is 4.51. The van der Waals surface area contributed by atoms with Gasteiger partial charge in [-0.05, 0) is 43.2 Å². The fraction of sp³-hybridized carbons (Fsp3) is 0.250. The fourth-order valence-corrected chi connectivity index (χ4v) is 2.82. The van der Waals surface area contributed by atoms with E-state index in [0.717, 1.165) is 6.42 Å². The maximum atomic E-state index is 12.6. The standard InChI is InChI=1S/C20H20N2O5/c1-26-20(25)15-8-2-3-9-16(15)22-18(23)13-6-4-7-14(12-13)21-19(24)17-10-5-11-27-17/h2-4,6-9,12,17H,5,10-11H2,1H3,(H,21,24)(H,22,23). The maximum Gasteiger partial charge on any atom is 0.339 e. The van der Waals surface area contributed by atoms with Crippen LogP contribution >= 0.6 is 0 Å². The number of rotatable bonds is 5. The number of esters is 1. The molecule has 1 heterocycles. The molecule has 7 nitrogen and oxygen atoms in total. The van der Waals surface area contributed by atoms with Crippen molar-refractivity contribution in [3.63, 3.8) is 0 Å². The Morgan fingerprint density at radius 2 is 1.89 bits per heavy atom. The first kappa shape index (κ1) is 18.6. The van der Waals surface area contributed by atoms with Crippen LogP contribution < -0.4 is 10.6 Å². The predicted octanol–water partition coefficient (Wildman–Crippen LogP) is 2.84. The van der Waals surface area contributed by atoms with Crippen LogP contribution in [0.1, 0.15) is 33.6 Å². The Labute approximate surface area is 156 Å². The van der Waals surface area contributed by atoms with E-state index in [9.17, 15) is 14.4 Å². The van der Waals surface area contributed by atoms with Crippen molar-refractivity contribution in [2.45, 2.75) is 18.9 Å². The van der Waals surface area contributed by atoms with E-state index in [1.807, 2.05) is 0 Å². The summed E-state index contributed by atoms with van der Waals surface area (Å²) in [5, 5.41) is 5.46. The van der Waals surface area contributed by atoms with Crippen LogP contribution in [0.2, 0.25) is 0 Å². The third-order valence-electron chi connectivity index (χ3n) is 4.19. The van der Waals surface area contributed by atoms with Crippen molar-refractivity contribution in [2.75, 3.05) is 24.4 Å². The van der Waals surface area contributed by atoms with Gasteiger partial charge in [0.15, 0.2) is 0 Å². The Morgan fingerprint density at radius 1 is 1.07 bits per heavy atom. The number of ether oxygens (including phenoxy) is 2. The lowest BCUT2D eigenvalue weighted by Gasteiger charge is -2.12. The Morgan fingerprint density at radius 3 is 2.63 bits per heavy atom. The highest BCUT2D eigenvalue weighted by molar-refractivity contribution is 6.08. The number of benzene rings is 2. The molecule has 0 aliphatic carbocycles. The number of nitrogens with one attached hydrogen (secondary N) is 2. The van der Waals surface area contributed by atoms with E-state index < -0.39 is 18.0 Å². The average molecular weight is 368 g/mol. The van der Waals surface area contributed by atoms with Gasteiger partial charge in [-0.3, -0.25) is 9.59 Å². The summed E-state index contributed by atoms with van der Waals surface area (Å²) >= 11 is 0. The first-order valence-corrected chi connectivity index (χ1v) is 8.59. The van der Waals surface area contributed by atoms with Gasteiger partial charge in [0, 0.05) is 17.9 Å². The highest BCUT2D eigenvalue weighted by Crippen LogP contribution is 2.19. The monoisotopic (exact) mass is 368 g/mol. The Hall–Kier alpha value is -3.19. The minimum absolute atomic E-state index is 0.221. The first-order valence-electron chi connectivity index (χ1n) is 8.59. The smallest absolute Gasteiger partial charge is 0.339 e. The summed E-state index contributed by atoms with van der Waals surface area (Å²) in [6.45, 7) is 0.583. The second kappa shape index (κ2) is 8.46. The molecule has 1 unspecified atom stereocenters. The molecule has 1 atom stereocenters. The number of methoxy groups -OCH3 is 1. The van der Waals surface area contributed by atoms with Gasteiger partial charge in [0.25, 0.3) is 11.8 Å². The minimum atomic E-state index is -0.538. The molecule has 2 aromatic carbocycles. The maximum absolute atomic E-state index is 12.6. The lowest BCUT2D eigenvalue weighted by atomic mass is 10.1. The van der Waals surface area contributed by atoms with Crippen molar-refractivity contribution in [2.24, 2.45) is 0 Å². The van der Waals surface area contributed by atoms with Gasteiger partial charge in [-0.1, -0.05) is 18.2 Å². The molecule has 0 saturated carbocycles. The molecular formula is C20H20N2O5. The topological polar surface area (TPSA) is 93.7 Å². The van der Waals surface area contributed by atoms with Crippen molar-refractivity contribution in [3.8, 4) is 0 Å². The number of para-hydroxylation sites is 1. The molecule has 2 aromatic rings. The normalized spacial score (nSPS) is 15.8. The van der Waals surface area contributed by atoms with E-state index in [1.165, 1.54) is 7.11 Å². The number of anilines is 2. The van der Waals surface area contributed by atoms with Crippen LogP contribution in [0.5, 0.6) is 0 Å². The third-order valence-corrected chi connectivity index (χ3v) is 4.19. The molecule has 1 saturated heterocycles. The second-order valence-electron chi connectivity index (χ2n) is 6.06. The highest BCUT2D eigenvalue weighted by atomic mass is 16.5. The molecule has 140 valence electrons. The van der Waals surface area contributed by atoms with Crippen LogP contribution in [0.4, 0.5) is 11.4 Å². The molecule has 0 aromatic heterocycles. The first-order chi connectivity index (χ1) is 13.1. The molecular weight excluding hydrogens is 348 g/mol. The van der Waals surface area contributed by atoms with Gasteiger partial charge >= 0.3 is 5.97 Å². The summed E-state index contributed by atoms with van der Waals surface area (Å²) in [7, 11) is 1.28. The average Bonchev–Trinajstić information content (AvgIpc) is 3.23. The second-order valence-corrected chi connectivity index (χ2v) is 6.06. The van der Waals surface area contributed by atoms with E-state index in [4.69, 9.17) is 9.47 Å². The fourth-order valence-electron chi connectivity index (χ4n) is 2.82. The molecule has 7 heteroatoms. The lowest BCUT2D eigenvalue weighted by molar-refractivity contribution is -0.124. The molecule has 0 bridgehead atoms. The predicted molar refractivity (Wildman–Crippen MR) is 99.8 cm³/mol. The summed E-state index contributed by atoms with van der Waals surface area (Å²) in [5.41, 5.74) is 1.46. The van der Waals surface area contributed by atoms with Gasteiger partial charge in [-0.15, -0.1) is 0 Å². The van der Waals surface area contributed by atoms with E-state index in [1.54, 1.807) is 48.5 Å². The molecule has 0 radical (unpaired) electrons. The van der Waals surface area contributed by atoms with E-state index >= 15 is 0 Å². The largest absolute Gasteiger partial charge is 0.465 e. The molecule has 2 N–H and O–H groups in total. The van der Waals surface area contributed by atoms with Gasteiger partial charge in [-0.2, -0.15) is 0 Å². The minimum Gasteiger partial charge on any atom is -0.465 e. The van der Waals surface area contributed by atoms with Crippen molar-refractivity contribution in [1.82, 2.24) is 0 Å². The summed E-state index contributed by atoms with van der Waals surface area (Å²) in [4.78, 5) is 36.5. The number of amides is 2. The van der Waals surface area contributed by atoms with Crippen molar-refractivity contribution < 1.29 is 23.9 Å². The lowest BCUT2D eigenvalue weighted by Crippen LogP contribution is -2.27. The molecule has 3 rings (SSSR count). The van der Waals surface area contributed by atoms with E-state index in [0.29, 0.717) is 30.0 Å². The Bertz CT molecular complexity index is 859. The van der Waals surface area contributed by atoms with Crippen LogP contribution in [0.15, 0.2) is 48.5 Å². The van der Waals surface area contributed by atoms with Crippen molar-refractivity contribution in [1.29, 1.82) is 0 Å². The quantitative estimate of drug-likeness (QED) is 0.792. The summed E-state index contributed by atoms with van der Waals surface area (Å²) in [6.07, 6.45) is 1.10. The molecule has 1 fully saturated rings. The molecule has 0 spiro atoms. The Balaban J connectivity index is 1.72. The summed E-state index contributed by atoms with van der Waals surface area (Å²) < 4.78 is 10.1. The van der Waals surface area contributed by atoms with Crippen molar-refractivity contribution >= 4 is 29.2 Å². The molecule has 27 heavy (non-hydrogen) atoms. The van der Waals surface area contributed by atoms with Gasteiger partial charge in [0.1, 0.15) is 6.10 Å². The van der Waals surface area contributed by atoms with E-state index in [2.05, 4.69) is 10.6 Å². The number of hydrogen-bond acceptors (Lipinski definition) is 5. The van der Waals surface area contributed by atoms with Gasteiger partial charge in [-0.25, -0.2) is 4.79 Å². The number of carbonyl (C=O) groups is 3. The molecule has 1 aliphatic heterocycles. The highest BCUT2D eigenvalue weighted by Gasteiger charge is 2.23. The number of hydrogen-bond donors (Lipinski definition) is 2.